The molecule has 0 fully saturated rings. The highest BCUT2D eigenvalue weighted by Crippen LogP contribution is 2.41. The van der Waals surface area contributed by atoms with E-state index < -0.39 is 5.92 Å². The van der Waals surface area contributed by atoms with Crippen molar-refractivity contribution in [2.45, 2.75) is 32.6 Å². The van der Waals surface area contributed by atoms with Gasteiger partial charge in [0.05, 0.1) is 50.4 Å². The second-order valence-electron chi connectivity index (χ2n) is 9.52. The van der Waals surface area contributed by atoms with Crippen LogP contribution in [-0.2, 0) is 9.59 Å². The summed E-state index contributed by atoms with van der Waals surface area (Å²) in [4.78, 5) is 30.8. The van der Waals surface area contributed by atoms with Crippen LogP contribution in [0.2, 0.25) is 0 Å². The standard InChI is InChI=1S/C30H27N5O3S2/c1-17(2)19-10-12-20(13-11-19)33-25(36)16-39-29-21(15-31)27(23-8-6-14-38-23)26(18(3)32-29)28(37)35-30-34-22-7-4-5-9-24(22)40-30/h4-14,17,27,32H,16H2,1-3H3,(H,33,36)(H,34,35,37)/t27-/m1/s1. The van der Waals surface area contributed by atoms with Crippen LogP contribution in [0.25, 0.3) is 10.2 Å². The monoisotopic (exact) mass is 569 g/mol. The lowest BCUT2D eigenvalue weighted by molar-refractivity contribution is -0.114. The number of fused-ring (bicyclic) bond motifs is 1. The average Bonchev–Trinajstić information content (AvgIpc) is 3.61. The first kappa shape index (κ1) is 27.2. The van der Waals surface area contributed by atoms with Crippen molar-refractivity contribution in [2.24, 2.45) is 0 Å². The van der Waals surface area contributed by atoms with E-state index in [0.717, 1.165) is 10.2 Å². The van der Waals surface area contributed by atoms with Crippen LogP contribution in [0.4, 0.5) is 10.8 Å². The first-order chi connectivity index (χ1) is 19.3. The summed E-state index contributed by atoms with van der Waals surface area (Å²) >= 11 is 2.58. The van der Waals surface area contributed by atoms with Gasteiger partial charge in [-0.15, -0.1) is 0 Å². The van der Waals surface area contributed by atoms with E-state index in [1.54, 1.807) is 19.1 Å². The van der Waals surface area contributed by atoms with Gasteiger partial charge in [0, 0.05) is 11.4 Å². The van der Waals surface area contributed by atoms with Gasteiger partial charge in [-0.2, -0.15) is 5.26 Å². The molecule has 1 aliphatic heterocycles. The Morgan fingerprint density at radius 2 is 1.90 bits per heavy atom. The molecule has 3 N–H and O–H groups in total. The van der Waals surface area contributed by atoms with Gasteiger partial charge in [-0.25, -0.2) is 4.98 Å². The van der Waals surface area contributed by atoms with Crippen molar-refractivity contribution in [3.05, 3.63) is 100 Å². The molecule has 0 bridgehead atoms. The molecule has 0 saturated carbocycles. The number of thiazole rings is 1. The van der Waals surface area contributed by atoms with Crippen LogP contribution in [0.5, 0.6) is 0 Å². The molecule has 40 heavy (non-hydrogen) atoms. The predicted molar refractivity (Wildman–Crippen MR) is 160 cm³/mol. The third-order valence-electron chi connectivity index (χ3n) is 6.44. The first-order valence-corrected chi connectivity index (χ1v) is 14.5. The SMILES string of the molecule is CC1=C(C(=O)Nc2nc3ccccc3s2)[C@@H](c2ccco2)C(C#N)=C(SCC(=O)Nc2ccc(C(C)C)cc2)N1. The Labute approximate surface area is 240 Å². The smallest absolute Gasteiger partial charge is 0.256 e. The van der Waals surface area contributed by atoms with Gasteiger partial charge in [0.2, 0.25) is 5.91 Å². The molecule has 1 aliphatic rings. The van der Waals surface area contributed by atoms with Crippen molar-refractivity contribution in [1.82, 2.24) is 10.3 Å². The highest BCUT2D eigenvalue weighted by molar-refractivity contribution is 8.03. The van der Waals surface area contributed by atoms with Gasteiger partial charge in [-0.3, -0.25) is 14.9 Å². The van der Waals surface area contributed by atoms with Crippen molar-refractivity contribution < 1.29 is 14.0 Å². The van der Waals surface area contributed by atoms with E-state index >= 15 is 0 Å². The number of hydrogen-bond acceptors (Lipinski definition) is 8. The summed E-state index contributed by atoms with van der Waals surface area (Å²) in [7, 11) is 0. The molecule has 202 valence electrons. The number of amides is 2. The number of anilines is 2. The maximum Gasteiger partial charge on any atom is 0.256 e. The number of allylic oxidation sites excluding steroid dienone is 2. The molecule has 8 nitrogen and oxygen atoms in total. The summed E-state index contributed by atoms with van der Waals surface area (Å²) in [5.41, 5.74) is 3.91. The van der Waals surface area contributed by atoms with E-state index in [9.17, 15) is 14.9 Å². The molecule has 2 aromatic carbocycles. The number of carbonyl (C=O) groups is 2. The van der Waals surface area contributed by atoms with E-state index in [4.69, 9.17) is 4.42 Å². The number of aromatic nitrogens is 1. The zero-order chi connectivity index (χ0) is 28.2. The van der Waals surface area contributed by atoms with Crippen LogP contribution in [0.3, 0.4) is 0 Å². The lowest BCUT2D eigenvalue weighted by Crippen LogP contribution is -2.31. The third-order valence-corrected chi connectivity index (χ3v) is 8.41. The van der Waals surface area contributed by atoms with Crippen molar-refractivity contribution in [2.75, 3.05) is 16.4 Å². The van der Waals surface area contributed by atoms with E-state index in [2.05, 4.69) is 40.9 Å². The summed E-state index contributed by atoms with van der Waals surface area (Å²) in [6, 6.07) is 21.1. The Hall–Kier alpha value is -4.33. The predicted octanol–water partition coefficient (Wildman–Crippen LogP) is 6.72. The zero-order valence-electron chi connectivity index (χ0n) is 22.1. The highest BCUT2D eigenvalue weighted by Gasteiger charge is 2.36. The van der Waals surface area contributed by atoms with E-state index in [0.29, 0.717) is 44.4 Å². The molecule has 2 aromatic heterocycles. The van der Waals surface area contributed by atoms with Gasteiger partial charge in [0.25, 0.3) is 5.91 Å². The van der Waals surface area contributed by atoms with Gasteiger partial charge < -0.3 is 15.1 Å². The number of rotatable bonds is 8. The molecule has 1 atom stereocenters. The largest absolute Gasteiger partial charge is 0.468 e. The van der Waals surface area contributed by atoms with E-state index in [1.165, 1.54) is 34.9 Å². The molecule has 0 unspecified atom stereocenters. The van der Waals surface area contributed by atoms with Crippen molar-refractivity contribution in [3.8, 4) is 6.07 Å². The number of benzene rings is 2. The molecular formula is C30H27N5O3S2. The summed E-state index contributed by atoms with van der Waals surface area (Å²) < 4.78 is 6.64. The lowest BCUT2D eigenvalue weighted by Gasteiger charge is -2.28. The van der Waals surface area contributed by atoms with Gasteiger partial charge in [0.1, 0.15) is 5.76 Å². The Morgan fingerprint density at radius 3 is 2.58 bits per heavy atom. The molecule has 0 aliphatic carbocycles. The fraction of sp³-hybridized carbons (Fsp3) is 0.200. The molecule has 0 spiro atoms. The van der Waals surface area contributed by atoms with Crippen LogP contribution in [0, 0.1) is 11.3 Å². The second kappa shape index (κ2) is 11.8. The van der Waals surface area contributed by atoms with Crippen molar-refractivity contribution in [3.63, 3.8) is 0 Å². The quantitative estimate of drug-likeness (QED) is 0.215. The number of hydrogen-bond donors (Lipinski definition) is 3. The van der Waals surface area contributed by atoms with Crippen LogP contribution >= 0.6 is 23.1 Å². The van der Waals surface area contributed by atoms with Gasteiger partial charge in [-0.05, 0) is 54.8 Å². The minimum atomic E-state index is -0.746. The van der Waals surface area contributed by atoms with Gasteiger partial charge in [-0.1, -0.05) is 61.2 Å². The second-order valence-corrected chi connectivity index (χ2v) is 11.5. The molecule has 4 aromatic rings. The number of carbonyl (C=O) groups excluding carboxylic acids is 2. The van der Waals surface area contributed by atoms with E-state index in [-0.39, 0.29) is 17.6 Å². The Balaban J connectivity index is 1.35. The summed E-state index contributed by atoms with van der Waals surface area (Å²) in [5.74, 6) is -0.399. The molecule has 2 amide bonds. The highest BCUT2D eigenvalue weighted by atomic mass is 32.2. The summed E-state index contributed by atoms with van der Waals surface area (Å²) in [6.45, 7) is 6.00. The summed E-state index contributed by atoms with van der Waals surface area (Å²) in [5, 5.41) is 20.2. The minimum absolute atomic E-state index is 0.0742. The number of nitriles is 1. The molecular weight excluding hydrogens is 542 g/mol. The van der Waals surface area contributed by atoms with Crippen molar-refractivity contribution >= 4 is 55.9 Å². The number of thioether (sulfide) groups is 1. The number of para-hydroxylation sites is 1. The summed E-state index contributed by atoms with van der Waals surface area (Å²) in [6.07, 6.45) is 1.51. The minimum Gasteiger partial charge on any atom is -0.468 e. The Kier molecular flexibility index (Phi) is 8.05. The Morgan fingerprint density at radius 1 is 1.12 bits per heavy atom. The topological polar surface area (TPSA) is 120 Å². The lowest BCUT2D eigenvalue weighted by atomic mass is 9.85. The van der Waals surface area contributed by atoms with Gasteiger partial charge >= 0.3 is 0 Å². The maximum atomic E-state index is 13.6. The number of nitrogens with zero attached hydrogens (tertiary/aromatic N) is 2. The van der Waals surface area contributed by atoms with Crippen LogP contribution in [0.15, 0.2) is 93.2 Å². The zero-order valence-corrected chi connectivity index (χ0v) is 23.8. The fourth-order valence-electron chi connectivity index (χ4n) is 4.44. The molecule has 10 heteroatoms. The van der Waals surface area contributed by atoms with Crippen LogP contribution < -0.4 is 16.0 Å². The molecule has 0 saturated heterocycles. The Bertz CT molecular complexity index is 1630. The van der Waals surface area contributed by atoms with Crippen molar-refractivity contribution in [1.29, 1.82) is 5.26 Å². The maximum absolute atomic E-state index is 13.6. The molecule has 0 radical (unpaired) electrons. The molecule has 5 rings (SSSR count). The fourth-order valence-corrected chi connectivity index (χ4v) is 6.20. The average molecular weight is 570 g/mol. The van der Waals surface area contributed by atoms with Crippen LogP contribution in [0.1, 0.15) is 43.9 Å². The first-order valence-electron chi connectivity index (χ1n) is 12.7. The number of dihydropyridines is 1. The normalized spacial score (nSPS) is 15.2. The van der Waals surface area contributed by atoms with Gasteiger partial charge in [0.15, 0.2) is 5.13 Å². The third kappa shape index (κ3) is 5.81. The number of nitrogens with one attached hydrogen (secondary N) is 3. The van der Waals surface area contributed by atoms with Crippen LogP contribution in [-0.4, -0.2) is 22.6 Å². The van der Waals surface area contributed by atoms with E-state index in [1.807, 2.05) is 48.5 Å². The number of furan rings is 1. The molecule has 3 heterocycles.